The van der Waals surface area contributed by atoms with Crippen LogP contribution in [-0.4, -0.2) is 19.0 Å². The Morgan fingerprint density at radius 1 is 0.850 bits per heavy atom. The van der Waals surface area contributed by atoms with Crippen molar-refractivity contribution in [1.29, 1.82) is 0 Å². The summed E-state index contributed by atoms with van der Waals surface area (Å²) >= 11 is 0. The first-order valence-corrected chi connectivity index (χ1v) is 7.18. The molecule has 1 heteroatoms. The molecule has 0 fully saturated rings. The molecule has 0 aliphatic carbocycles. The molecule has 0 N–H and O–H groups in total. The molecule has 20 heavy (non-hydrogen) atoms. The van der Waals surface area contributed by atoms with Crippen LogP contribution in [-0.2, 0) is 13.0 Å². The van der Waals surface area contributed by atoms with E-state index in [1.807, 2.05) is 0 Å². The van der Waals surface area contributed by atoms with Gasteiger partial charge in [-0.05, 0) is 42.8 Å². The molecule has 0 unspecified atom stereocenters. The molecular formula is C19H23N. The highest BCUT2D eigenvalue weighted by atomic mass is 15.0. The van der Waals surface area contributed by atoms with E-state index in [9.17, 15) is 0 Å². The zero-order chi connectivity index (χ0) is 14.4. The number of nitrogens with zero attached hydrogens (tertiary/aromatic N) is 1. The molecule has 0 radical (unpaired) electrons. The third-order valence-corrected chi connectivity index (χ3v) is 3.31. The summed E-state index contributed by atoms with van der Waals surface area (Å²) in [6, 6.07) is 17.4. The predicted octanol–water partition coefficient (Wildman–Crippen LogP) is 4.48. The maximum atomic E-state index is 2.25. The highest BCUT2D eigenvalue weighted by Gasteiger charge is 1.96. The minimum atomic E-state index is 0.979. The average Bonchev–Trinajstić information content (AvgIpc) is 2.45. The Kier molecular flexibility index (Phi) is 5.14. The lowest BCUT2D eigenvalue weighted by Crippen LogP contribution is -2.10. The van der Waals surface area contributed by atoms with Gasteiger partial charge in [0.15, 0.2) is 0 Å². The standard InChI is InChI=1S/C19H23N/c1-4-16-8-10-17(11-9-16)12-13-18-6-5-7-19(14-18)15-20(2)3/h5-14H,4,15H2,1-3H3/b13-12+. The molecule has 104 valence electrons. The van der Waals surface area contributed by atoms with Crippen LogP contribution in [0.25, 0.3) is 12.2 Å². The van der Waals surface area contributed by atoms with Crippen molar-refractivity contribution >= 4 is 12.2 Å². The molecule has 0 saturated carbocycles. The second-order valence-electron chi connectivity index (χ2n) is 5.41. The number of rotatable bonds is 5. The van der Waals surface area contributed by atoms with Crippen molar-refractivity contribution in [3.8, 4) is 0 Å². The topological polar surface area (TPSA) is 3.24 Å². The predicted molar refractivity (Wildman–Crippen MR) is 88.6 cm³/mol. The Labute approximate surface area is 122 Å². The van der Waals surface area contributed by atoms with Crippen molar-refractivity contribution in [3.63, 3.8) is 0 Å². The summed E-state index contributed by atoms with van der Waals surface area (Å²) in [7, 11) is 4.19. The van der Waals surface area contributed by atoms with Gasteiger partial charge in [0, 0.05) is 6.54 Å². The Hall–Kier alpha value is -1.86. The van der Waals surface area contributed by atoms with Gasteiger partial charge in [-0.3, -0.25) is 0 Å². The summed E-state index contributed by atoms with van der Waals surface area (Å²) in [5.41, 5.74) is 5.23. The molecular weight excluding hydrogens is 242 g/mol. The fraction of sp³-hybridized carbons (Fsp3) is 0.263. The van der Waals surface area contributed by atoms with Crippen LogP contribution in [0.1, 0.15) is 29.2 Å². The molecule has 0 aliphatic heterocycles. The number of hydrogen-bond donors (Lipinski definition) is 0. The molecule has 2 aromatic carbocycles. The quantitative estimate of drug-likeness (QED) is 0.720. The first-order chi connectivity index (χ1) is 9.67. The van der Waals surface area contributed by atoms with E-state index >= 15 is 0 Å². The average molecular weight is 265 g/mol. The zero-order valence-electron chi connectivity index (χ0n) is 12.6. The van der Waals surface area contributed by atoms with E-state index in [0.29, 0.717) is 0 Å². The van der Waals surface area contributed by atoms with Crippen molar-refractivity contribution < 1.29 is 0 Å². The molecule has 0 heterocycles. The summed E-state index contributed by atoms with van der Waals surface area (Å²) in [6.45, 7) is 3.16. The molecule has 0 spiro atoms. The van der Waals surface area contributed by atoms with Gasteiger partial charge in [0.25, 0.3) is 0 Å². The molecule has 0 aliphatic rings. The third kappa shape index (κ3) is 4.36. The second-order valence-corrected chi connectivity index (χ2v) is 5.41. The number of benzene rings is 2. The minimum absolute atomic E-state index is 0.979. The molecule has 0 bridgehead atoms. The Balaban J connectivity index is 2.09. The van der Waals surface area contributed by atoms with Crippen LogP contribution in [0, 0.1) is 0 Å². The largest absolute Gasteiger partial charge is 0.305 e. The van der Waals surface area contributed by atoms with Gasteiger partial charge < -0.3 is 4.90 Å². The van der Waals surface area contributed by atoms with Gasteiger partial charge in [-0.2, -0.15) is 0 Å². The lowest BCUT2D eigenvalue weighted by molar-refractivity contribution is 0.402. The van der Waals surface area contributed by atoms with Gasteiger partial charge in [0.1, 0.15) is 0 Å². The lowest BCUT2D eigenvalue weighted by Gasteiger charge is -2.09. The van der Waals surface area contributed by atoms with Gasteiger partial charge in [0.05, 0.1) is 0 Å². The minimum Gasteiger partial charge on any atom is -0.305 e. The van der Waals surface area contributed by atoms with Gasteiger partial charge in [-0.1, -0.05) is 67.6 Å². The molecule has 0 saturated heterocycles. The van der Waals surface area contributed by atoms with E-state index in [1.165, 1.54) is 22.3 Å². The van der Waals surface area contributed by atoms with Crippen molar-refractivity contribution in [3.05, 3.63) is 70.8 Å². The van der Waals surface area contributed by atoms with E-state index in [0.717, 1.165) is 13.0 Å². The summed E-state index contributed by atoms with van der Waals surface area (Å²) in [5, 5.41) is 0. The van der Waals surface area contributed by atoms with Crippen LogP contribution in [0.4, 0.5) is 0 Å². The lowest BCUT2D eigenvalue weighted by atomic mass is 10.1. The second kappa shape index (κ2) is 7.06. The monoisotopic (exact) mass is 265 g/mol. The van der Waals surface area contributed by atoms with E-state index in [4.69, 9.17) is 0 Å². The molecule has 0 aromatic heterocycles. The first-order valence-electron chi connectivity index (χ1n) is 7.18. The summed E-state index contributed by atoms with van der Waals surface area (Å²) < 4.78 is 0. The Morgan fingerprint density at radius 3 is 2.20 bits per heavy atom. The van der Waals surface area contributed by atoms with Gasteiger partial charge in [-0.25, -0.2) is 0 Å². The first kappa shape index (κ1) is 14.5. The fourth-order valence-corrected chi connectivity index (χ4v) is 2.22. The van der Waals surface area contributed by atoms with Crippen molar-refractivity contribution in [2.24, 2.45) is 0 Å². The summed E-state index contributed by atoms with van der Waals surface area (Å²) in [4.78, 5) is 2.19. The van der Waals surface area contributed by atoms with Crippen LogP contribution < -0.4 is 0 Å². The third-order valence-electron chi connectivity index (χ3n) is 3.31. The van der Waals surface area contributed by atoms with E-state index in [-0.39, 0.29) is 0 Å². The smallest absolute Gasteiger partial charge is 0.0227 e. The van der Waals surface area contributed by atoms with Gasteiger partial charge >= 0.3 is 0 Å². The van der Waals surface area contributed by atoms with Crippen molar-refractivity contribution in [2.75, 3.05) is 14.1 Å². The van der Waals surface area contributed by atoms with Gasteiger partial charge in [-0.15, -0.1) is 0 Å². The molecule has 2 aromatic rings. The Morgan fingerprint density at radius 2 is 1.55 bits per heavy atom. The fourth-order valence-electron chi connectivity index (χ4n) is 2.22. The van der Waals surface area contributed by atoms with E-state index < -0.39 is 0 Å². The maximum Gasteiger partial charge on any atom is 0.0227 e. The van der Waals surface area contributed by atoms with Crippen molar-refractivity contribution in [2.45, 2.75) is 19.9 Å². The number of aryl methyl sites for hydroxylation is 1. The van der Waals surface area contributed by atoms with Crippen LogP contribution in [0.3, 0.4) is 0 Å². The van der Waals surface area contributed by atoms with Crippen LogP contribution in [0.15, 0.2) is 48.5 Å². The number of hydrogen-bond acceptors (Lipinski definition) is 1. The summed E-state index contributed by atoms with van der Waals surface area (Å²) in [5.74, 6) is 0. The maximum absolute atomic E-state index is 2.25. The Bertz CT molecular complexity index is 565. The highest BCUT2D eigenvalue weighted by molar-refractivity contribution is 5.69. The molecule has 0 atom stereocenters. The highest BCUT2D eigenvalue weighted by Crippen LogP contribution is 2.12. The zero-order valence-corrected chi connectivity index (χ0v) is 12.6. The van der Waals surface area contributed by atoms with E-state index in [1.54, 1.807) is 0 Å². The van der Waals surface area contributed by atoms with Crippen molar-refractivity contribution in [1.82, 2.24) is 4.90 Å². The van der Waals surface area contributed by atoms with Gasteiger partial charge in [0.2, 0.25) is 0 Å². The van der Waals surface area contributed by atoms with E-state index in [2.05, 4.69) is 86.6 Å². The molecule has 1 nitrogen and oxygen atoms in total. The van der Waals surface area contributed by atoms with Crippen LogP contribution in [0.5, 0.6) is 0 Å². The van der Waals surface area contributed by atoms with Crippen LogP contribution >= 0.6 is 0 Å². The summed E-state index contributed by atoms with van der Waals surface area (Å²) in [6.07, 6.45) is 5.45. The molecule has 2 rings (SSSR count). The normalized spacial score (nSPS) is 11.4. The molecule has 0 amide bonds. The van der Waals surface area contributed by atoms with Crippen LogP contribution in [0.2, 0.25) is 0 Å². The SMILES string of the molecule is CCc1ccc(/C=C/c2cccc(CN(C)C)c2)cc1.